The Morgan fingerprint density at radius 2 is 1.91 bits per heavy atom. The van der Waals surface area contributed by atoms with Gasteiger partial charge in [0.25, 0.3) is 0 Å². The summed E-state index contributed by atoms with van der Waals surface area (Å²) >= 11 is 0. The van der Waals surface area contributed by atoms with Gasteiger partial charge < -0.3 is 4.74 Å². The van der Waals surface area contributed by atoms with Gasteiger partial charge in [0.1, 0.15) is 5.60 Å². The van der Waals surface area contributed by atoms with Crippen molar-refractivity contribution in [3.63, 3.8) is 0 Å². The molecule has 4 rings (SSSR count). The molecule has 23 heavy (non-hydrogen) atoms. The Kier molecular flexibility index (Phi) is 3.81. The van der Waals surface area contributed by atoms with Gasteiger partial charge in [0, 0.05) is 5.92 Å². The summed E-state index contributed by atoms with van der Waals surface area (Å²) in [4.78, 5) is 12.9. The molecule has 4 aliphatic carbocycles. The Bertz CT molecular complexity index is 486. The van der Waals surface area contributed by atoms with E-state index in [9.17, 15) is 4.79 Å². The molecule has 2 heteroatoms. The van der Waals surface area contributed by atoms with Gasteiger partial charge >= 0.3 is 5.97 Å². The SMILES string of the molecule is [CH]C1CC([CH])C(C(=O)OC2(CC)CC3CC2C2CCCC32)C1C. The molecule has 4 aliphatic rings. The first-order valence-electron chi connectivity index (χ1n) is 9.71. The lowest BCUT2D eigenvalue weighted by molar-refractivity contribution is -0.177. The van der Waals surface area contributed by atoms with Crippen LogP contribution < -0.4 is 0 Å². The van der Waals surface area contributed by atoms with Gasteiger partial charge in [0.2, 0.25) is 0 Å². The van der Waals surface area contributed by atoms with Crippen molar-refractivity contribution in [2.24, 2.45) is 47.3 Å². The molecule has 0 aromatic carbocycles. The van der Waals surface area contributed by atoms with Crippen molar-refractivity contribution in [1.29, 1.82) is 0 Å². The van der Waals surface area contributed by atoms with E-state index in [0.717, 1.165) is 37.0 Å². The third kappa shape index (κ3) is 2.23. The lowest BCUT2D eigenvalue weighted by Gasteiger charge is -2.42. The van der Waals surface area contributed by atoms with Crippen LogP contribution in [0.25, 0.3) is 0 Å². The van der Waals surface area contributed by atoms with Gasteiger partial charge in [-0.1, -0.05) is 20.3 Å². The Balaban J connectivity index is 1.52. The number of fused-ring (bicyclic) bond motifs is 5. The van der Waals surface area contributed by atoms with E-state index >= 15 is 0 Å². The molecule has 0 aliphatic heterocycles. The summed E-state index contributed by atoms with van der Waals surface area (Å²) in [6.45, 7) is 16.6. The largest absolute Gasteiger partial charge is 0.459 e. The van der Waals surface area contributed by atoms with Gasteiger partial charge in [0.15, 0.2) is 0 Å². The van der Waals surface area contributed by atoms with E-state index in [0.29, 0.717) is 5.92 Å². The normalized spacial score (nSPS) is 54.4. The van der Waals surface area contributed by atoms with Crippen molar-refractivity contribution in [3.8, 4) is 0 Å². The lowest BCUT2D eigenvalue weighted by Crippen LogP contribution is -2.46. The molecule has 0 heterocycles. The summed E-state index contributed by atoms with van der Waals surface area (Å²) < 4.78 is 6.29. The molecule has 4 fully saturated rings. The number of hydrogen-bond donors (Lipinski definition) is 0. The van der Waals surface area contributed by atoms with Crippen LogP contribution in [0.5, 0.6) is 0 Å². The maximum Gasteiger partial charge on any atom is 0.310 e. The number of rotatable bonds is 3. The van der Waals surface area contributed by atoms with Crippen molar-refractivity contribution < 1.29 is 9.53 Å². The number of carbonyl (C=O) groups is 1. The minimum Gasteiger partial charge on any atom is -0.459 e. The summed E-state index contributed by atoms with van der Waals surface area (Å²) in [6, 6.07) is 0. The second kappa shape index (κ2) is 5.49. The number of hydrogen-bond acceptors (Lipinski definition) is 2. The molecule has 126 valence electrons. The van der Waals surface area contributed by atoms with Crippen LogP contribution in [0.4, 0.5) is 0 Å². The van der Waals surface area contributed by atoms with Crippen LogP contribution >= 0.6 is 0 Å². The first-order valence-corrected chi connectivity index (χ1v) is 9.71. The van der Waals surface area contributed by atoms with Gasteiger partial charge in [-0.15, -0.1) is 0 Å². The van der Waals surface area contributed by atoms with Crippen molar-refractivity contribution in [1.82, 2.24) is 0 Å². The van der Waals surface area contributed by atoms with E-state index in [1.807, 2.05) is 0 Å². The van der Waals surface area contributed by atoms with Crippen LogP contribution in [0.15, 0.2) is 0 Å². The maximum atomic E-state index is 12.9. The van der Waals surface area contributed by atoms with E-state index in [-0.39, 0.29) is 35.2 Å². The highest BCUT2D eigenvalue weighted by atomic mass is 16.6. The highest BCUT2D eigenvalue weighted by Gasteiger charge is 2.62. The Morgan fingerprint density at radius 1 is 1.17 bits per heavy atom. The second-order valence-corrected chi connectivity index (χ2v) is 8.85. The molecule has 4 radical (unpaired) electrons. The van der Waals surface area contributed by atoms with Crippen LogP contribution in [0.1, 0.15) is 58.8 Å². The third-order valence-corrected chi connectivity index (χ3v) is 8.01. The Hall–Kier alpha value is -0.530. The maximum absolute atomic E-state index is 12.9. The van der Waals surface area contributed by atoms with E-state index in [1.165, 1.54) is 25.7 Å². The number of ether oxygens (including phenoxy) is 1. The zero-order valence-electron chi connectivity index (χ0n) is 14.5. The van der Waals surface area contributed by atoms with Gasteiger partial charge in [-0.3, -0.25) is 4.79 Å². The molecule has 2 bridgehead atoms. The first-order chi connectivity index (χ1) is 11.0. The molecule has 0 aromatic rings. The van der Waals surface area contributed by atoms with Crippen molar-refractivity contribution in [3.05, 3.63) is 13.8 Å². The standard InChI is InChI=1S/C21H30O2/c1-5-21(11-15-10-18(21)17-8-6-7-16(15)17)23-20(22)19-13(3)9-12(2)14(19)4/h2-3,12-19H,5-11H2,1,4H3. The van der Waals surface area contributed by atoms with Crippen molar-refractivity contribution >= 4 is 5.97 Å². The molecule has 4 saturated carbocycles. The van der Waals surface area contributed by atoms with Crippen LogP contribution in [-0.4, -0.2) is 11.6 Å². The van der Waals surface area contributed by atoms with Crippen LogP contribution in [0.2, 0.25) is 0 Å². The van der Waals surface area contributed by atoms with Gasteiger partial charge in [-0.2, -0.15) is 0 Å². The first kappa shape index (κ1) is 16.0. The lowest BCUT2D eigenvalue weighted by atomic mass is 9.71. The second-order valence-electron chi connectivity index (χ2n) is 8.85. The average Bonchev–Trinajstić information content (AvgIpc) is 3.21. The summed E-state index contributed by atoms with van der Waals surface area (Å²) in [6.07, 6.45) is 8.16. The molecule has 0 amide bonds. The number of esters is 1. The van der Waals surface area contributed by atoms with Crippen molar-refractivity contribution in [2.75, 3.05) is 0 Å². The Labute approximate surface area is 141 Å². The fourth-order valence-corrected chi connectivity index (χ4v) is 6.80. The molecule has 9 atom stereocenters. The molecule has 0 N–H and O–H groups in total. The topological polar surface area (TPSA) is 26.3 Å². The molecule has 9 unspecified atom stereocenters. The van der Waals surface area contributed by atoms with Crippen molar-refractivity contribution in [2.45, 2.75) is 64.4 Å². The van der Waals surface area contributed by atoms with Gasteiger partial charge in [-0.05, 0) is 87.9 Å². The monoisotopic (exact) mass is 314 g/mol. The molecular weight excluding hydrogens is 284 g/mol. The summed E-state index contributed by atoms with van der Waals surface area (Å²) in [7, 11) is 0. The average molecular weight is 314 g/mol. The van der Waals surface area contributed by atoms with Gasteiger partial charge in [0.05, 0.1) is 5.92 Å². The molecule has 2 nitrogen and oxygen atoms in total. The highest BCUT2D eigenvalue weighted by Crippen LogP contribution is 2.64. The fourth-order valence-electron chi connectivity index (χ4n) is 6.80. The molecule has 0 aromatic heterocycles. The third-order valence-electron chi connectivity index (χ3n) is 8.01. The predicted octanol–water partition coefficient (Wildman–Crippen LogP) is 4.45. The highest BCUT2D eigenvalue weighted by molar-refractivity contribution is 5.74. The number of carbonyl (C=O) groups excluding carboxylic acids is 1. The molecule has 0 spiro atoms. The quantitative estimate of drug-likeness (QED) is 0.720. The van der Waals surface area contributed by atoms with Crippen LogP contribution in [-0.2, 0) is 9.53 Å². The minimum atomic E-state index is -0.216. The van der Waals surface area contributed by atoms with Crippen LogP contribution in [0.3, 0.4) is 0 Å². The summed E-state index contributed by atoms with van der Waals surface area (Å²) in [5, 5.41) is 0. The zero-order chi connectivity index (χ0) is 16.4. The zero-order valence-corrected chi connectivity index (χ0v) is 14.5. The van der Waals surface area contributed by atoms with E-state index < -0.39 is 0 Å². The van der Waals surface area contributed by atoms with Crippen LogP contribution in [0, 0.1) is 61.2 Å². The summed E-state index contributed by atoms with van der Waals surface area (Å²) in [5.41, 5.74) is -0.209. The van der Waals surface area contributed by atoms with E-state index in [4.69, 9.17) is 18.6 Å². The predicted molar refractivity (Wildman–Crippen MR) is 89.0 cm³/mol. The molecular formula is C21H30O2. The molecule has 0 saturated heterocycles. The van der Waals surface area contributed by atoms with E-state index in [2.05, 4.69) is 13.8 Å². The van der Waals surface area contributed by atoms with E-state index in [1.54, 1.807) is 0 Å². The smallest absolute Gasteiger partial charge is 0.310 e. The fraction of sp³-hybridized carbons (Fsp3) is 0.857. The minimum absolute atomic E-state index is 0.0272. The Morgan fingerprint density at radius 3 is 2.57 bits per heavy atom. The summed E-state index contributed by atoms with van der Waals surface area (Å²) in [5.74, 6) is 2.84. The van der Waals surface area contributed by atoms with Gasteiger partial charge in [-0.25, -0.2) is 0 Å².